The first-order valence-corrected chi connectivity index (χ1v) is 8.63. The fraction of sp³-hybridized carbons (Fsp3) is 0.500. The van der Waals surface area contributed by atoms with E-state index in [1.54, 1.807) is 0 Å². The Morgan fingerprint density at radius 2 is 2.30 bits per heavy atom. The number of carboxylic acids is 1. The van der Waals surface area contributed by atoms with Gasteiger partial charge in [-0.25, -0.2) is 14.6 Å². The highest BCUT2D eigenvalue weighted by Crippen LogP contribution is 2.35. The number of rotatable bonds is 7. The van der Waals surface area contributed by atoms with Gasteiger partial charge < -0.3 is 14.6 Å². The van der Waals surface area contributed by atoms with Crippen LogP contribution in [0.2, 0.25) is 0 Å². The fourth-order valence-electron chi connectivity index (χ4n) is 2.78. The van der Waals surface area contributed by atoms with E-state index >= 15 is 0 Å². The van der Waals surface area contributed by atoms with E-state index in [1.807, 2.05) is 0 Å². The molecule has 1 saturated heterocycles. The molecule has 4 heterocycles. The molecule has 0 spiro atoms. The van der Waals surface area contributed by atoms with E-state index < -0.39 is 24.2 Å². The highest BCUT2D eigenvalue weighted by molar-refractivity contribution is 7.99. The molecule has 2 N–H and O–H groups in total. The Labute approximate surface area is 154 Å². The van der Waals surface area contributed by atoms with Crippen molar-refractivity contribution in [1.82, 2.24) is 45.7 Å². The van der Waals surface area contributed by atoms with Crippen LogP contribution in [0.4, 0.5) is 0 Å². The normalized spacial score (nSPS) is 22.0. The molecule has 2 unspecified atom stereocenters. The molecule has 4 rings (SSSR count). The van der Waals surface area contributed by atoms with Crippen LogP contribution in [-0.4, -0.2) is 94.5 Å². The number of methoxy groups -OCH3 is 1. The zero-order chi connectivity index (χ0) is 19.0. The lowest BCUT2D eigenvalue weighted by molar-refractivity contribution is -0.212. The van der Waals surface area contributed by atoms with Crippen LogP contribution in [-0.2, 0) is 25.6 Å². The molecule has 2 aliphatic heterocycles. The monoisotopic (exact) mass is 395 g/mol. The number of aliphatic carboxylic acids is 1. The second-order valence-electron chi connectivity index (χ2n) is 5.58. The van der Waals surface area contributed by atoms with Crippen LogP contribution in [0, 0.1) is 0 Å². The molecule has 1 fully saturated rings. The van der Waals surface area contributed by atoms with Crippen molar-refractivity contribution in [3.8, 4) is 0 Å². The first-order valence-electron chi connectivity index (χ1n) is 7.64. The summed E-state index contributed by atoms with van der Waals surface area (Å²) in [5, 5.41) is 34.7. The SMILES string of the molecule is COC1C(=O)N2C(C(=O)O)=C(CSc3nnnn3Cc3nnn[nH]3)COC12. The van der Waals surface area contributed by atoms with Gasteiger partial charge in [-0.2, -0.15) is 0 Å². The predicted octanol–water partition coefficient (Wildman–Crippen LogP) is -2.12. The van der Waals surface area contributed by atoms with Gasteiger partial charge in [-0.05, 0) is 26.4 Å². The van der Waals surface area contributed by atoms with Gasteiger partial charge >= 0.3 is 5.97 Å². The van der Waals surface area contributed by atoms with Crippen molar-refractivity contribution >= 4 is 23.6 Å². The molecule has 0 radical (unpaired) electrons. The first kappa shape index (κ1) is 17.5. The van der Waals surface area contributed by atoms with Crippen LogP contribution < -0.4 is 0 Å². The number of aromatic amines is 1. The summed E-state index contributed by atoms with van der Waals surface area (Å²) < 4.78 is 12.1. The Balaban J connectivity index is 1.51. The standard InChI is InChI=1S/C12H13N9O5S/c1-25-8-9(22)21-7(11(23)24)5(3-26-10(8)21)4-27-12-15-18-19-20(12)2-6-13-16-17-14-6/h8,10H,2-4H2,1H3,(H,23,24)(H,13,14,16,17). The molecule has 2 aromatic heterocycles. The third kappa shape index (κ3) is 3.04. The number of carbonyl (C=O) groups excluding carboxylic acids is 1. The highest BCUT2D eigenvalue weighted by atomic mass is 32.2. The summed E-state index contributed by atoms with van der Waals surface area (Å²) in [5.41, 5.74) is 0.359. The number of hydrogen-bond acceptors (Lipinski definition) is 11. The second-order valence-corrected chi connectivity index (χ2v) is 6.52. The van der Waals surface area contributed by atoms with Crippen molar-refractivity contribution in [2.75, 3.05) is 19.5 Å². The van der Waals surface area contributed by atoms with Gasteiger partial charge in [0, 0.05) is 12.9 Å². The van der Waals surface area contributed by atoms with Gasteiger partial charge in [0.2, 0.25) is 5.16 Å². The van der Waals surface area contributed by atoms with Crippen LogP contribution in [0.5, 0.6) is 0 Å². The third-order valence-electron chi connectivity index (χ3n) is 4.02. The number of amides is 1. The van der Waals surface area contributed by atoms with Crippen molar-refractivity contribution in [3.63, 3.8) is 0 Å². The number of β-lactam (4-membered cyclic amide) rings is 1. The number of hydrogen-bond donors (Lipinski definition) is 2. The molecule has 0 saturated carbocycles. The van der Waals surface area contributed by atoms with Crippen LogP contribution >= 0.6 is 11.8 Å². The molecule has 2 aromatic rings. The minimum atomic E-state index is -1.20. The van der Waals surface area contributed by atoms with Gasteiger partial charge in [-0.1, -0.05) is 11.8 Å². The number of H-pyrrole nitrogens is 1. The molecule has 1 amide bonds. The van der Waals surface area contributed by atoms with E-state index in [0.717, 1.165) is 4.90 Å². The van der Waals surface area contributed by atoms with Gasteiger partial charge in [0.05, 0.1) is 6.61 Å². The number of ether oxygens (including phenoxy) is 2. The summed E-state index contributed by atoms with van der Waals surface area (Å²) in [4.78, 5) is 24.9. The van der Waals surface area contributed by atoms with E-state index in [9.17, 15) is 14.7 Å². The molecule has 2 atom stereocenters. The zero-order valence-corrected chi connectivity index (χ0v) is 14.7. The van der Waals surface area contributed by atoms with Crippen molar-refractivity contribution in [3.05, 3.63) is 17.1 Å². The fourth-order valence-corrected chi connectivity index (χ4v) is 3.65. The number of carbonyl (C=O) groups is 2. The Hall–Kier alpha value is -2.91. The third-order valence-corrected chi connectivity index (χ3v) is 5.06. The molecule has 27 heavy (non-hydrogen) atoms. The van der Waals surface area contributed by atoms with Gasteiger partial charge in [-0.15, -0.1) is 10.2 Å². The number of carboxylic acid groups (broad SMARTS) is 1. The summed E-state index contributed by atoms with van der Waals surface area (Å²) in [6.45, 7) is 0.294. The lowest BCUT2D eigenvalue weighted by Crippen LogP contribution is -2.68. The topological polar surface area (TPSA) is 174 Å². The van der Waals surface area contributed by atoms with Crippen LogP contribution in [0.15, 0.2) is 16.4 Å². The molecule has 0 aromatic carbocycles. The van der Waals surface area contributed by atoms with Crippen molar-refractivity contribution in [2.45, 2.75) is 24.0 Å². The van der Waals surface area contributed by atoms with Gasteiger partial charge in [0.1, 0.15) is 12.2 Å². The average Bonchev–Trinajstić information content (AvgIpc) is 3.32. The minimum Gasteiger partial charge on any atom is -0.477 e. The molecule has 14 nitrogen and oxygen atoms in total. The smallest absolute Gasteiger partial charge is 0.352 e. The summed E-state index contributed by atoms with van der Waals surface area (Å²) in [5.74, 6) is -0.945. The summed E-state index contributed by atoms with van der Waals surface area (Å²) in [6.07, 6.45) is -1.50. The molecular weight excluding hydrogens is 382 g/mol. The van der Waals surface area contributed by atoms with Crippen LogP contribution in [0.25, 0.3) is 0 Å². The molecule has 15 heteroatoms. The summed E-state index contributed by atoms with van der Waals surface area (Å²) in [6, 6.07) is 0. The maximum atomic E-state index is 12.1. The van der Waals surface area contributed by atoms with Crippen LogP contribution in [0.3, 0.4) is 0 Å². The second kappa shape index (κ2) is 7.01. The number of tetrazole rings is 2. The summed E-state index contributed by atoms with van der Waals surface area (Å²) in [7, 11) is 1.38. The maximum absolute atomic E-state index is 12.1. The van der Waals surface area contributed by atoms with E-state index in [4.69, 9.17) is 9.47 Å². The van der Waals surface area contributed by atoms with E-state index in [-0.39, 0.29) is 24.6 Å². The quantitative estimate of drug-likeness (QED) is 0.386. The van der Waals surface area contributed by atoms with Crippen LogP contribution in [0.1, 0.15) is 5.82 Å². The first-order chi connectivity index (χ1) is 13.1. The Bertz CT molecular complexity index is 897. The molecule has 0 aliphatic carbocycles. The zero-order valence-electron chi connectivity index (χ0n) is 13.8. The molecular formula is C12H13N9O5S. The van der Waals surface area contributed by atoms with Gasteiger partial charge in [0.25, 0.3) is 5.91 Å². The van der Waals surface area contributed by atoms with E-state index in [1.165, 1.54) is 23.6 Å². The van der Waals surface area contributed by atoms with E-state index in [0.29, 0.717) is 16.6 Å². The predicted molar refractivity (Wildman–Crippen MR) is 83.9 cm³/mol. The lowest BCUT2D eigenvalue weighted by Gasteiger charge is -2.48. The number of fused-ring (bicyclic) bond motifs is 1. The molecule has 142 valence electrons. The Morgan fingerprint density at radius 3 is 3.00 bits per heavy atom. The number of nitrogens with zero attached hydrogens (tertiary/aromatic N) is 8. The van der Waals surface area contributed by atoms with E-state index in [2.05, 4.69) is 36.1 Å². The number of thioether (sulfide) groups is 1. The Morgan fingerprint density at radius 1 is 1.44 bits per heavy atom. The largest absolute Gasteiger partial charge is 0.477 e. The maximum Gasteiger partial charge on any atom is 0.352 e. The highest BCUT2D eigenvalue weighted by Gasteiger charge is 2.54. The molecule has 2 aliphatic rings. The van der Waals surface area contributed by atoms with Crippen molar-refractivity contribution in [2.24, 2.45) is 0 Å². The Kier molecular flexibility index (Phi) is 4.54. The van der Waals surface area contributed by atoms with Crippen molar-refractivity contribution in [1.29, 1.82) is 0 Å². The minimum absolute atomic E-state index is 0.0660. The van der Waals surface area contributed by atoms with Gasteiger partial charge in [0.15, 0.2) is 18.2 Å². The lowest BCUT2D eigenvalue weighted by atomic mass is 10.0. The van der Waals surface area contributed by atoms with Crippen molar-refractivity contribution < 1.29 is 24.2 Å². The molecule has 0 bridgehead atoms. The summed E-state index contributed by atoms with van der Waals surface area (Å²) >= 11 is 1.21. The van der Waals surface area contributed by atoms with Gasteiger partial charge in [-0.3, -0.25) is 9.69 Å². The average molecular weight is 395 g/mol. The number of aromatic nitrogens is 8. The number of nitrogens with one attached hydrogen (secondary N) is 1.